The number of rotatable bonds is 8. The van der Waals surface area contributed by atoms with Gasteiger partial charge in [0.2, 0.25) is 0 Å². The van der Waals surface area contributed by atoms with Crippen molar-refractivity contribution in [1.29, 1.82) is 0 Å². The van der Waals surface area contributed by atoms with E-state index >= 15 is 0 Å². The van der Waals surface area contributed by atoms with Crippen molar-refractivity contribution in [2.24, 2.45) is 0 Å². The minimum Gasteiger partial charge on any atom is -0.493 e. The summed E-state index contributed by atoms with van der Waals surface area (Å²) in [6.07, 6.45) is 0. The van der Waals surface area contributed by atoms with Crippen molar-refractivity contribution < 1.29 is 24.2 Å². The highest BCUT2D eigenvalue weighted by Gasteiger charge is 2.16. The van der Waals surface area contributed by atoms with E-state index in [0.717, 1.165) is 10.0 Å². The summed E-state index contributed by atoms with van der Waals surface area (Å²) in [5, 5.41) is 14.3. The van der Waals surface area contributed by atoms with Crippen LogP contribution in [0.3, 0.4) is 0 Å². The van der Waals surface area contributed by atoms with Crippen LogP contribution >= 0.6 is 15.9 Å². The van der Waals surface area contributed by atoms with Gasteiger partial charge in [0.25, 0.3) is 5.91 Å². The van der Waals surface area contributed by atoms with E-state index in [2.05, 4.69) is 26.6 Å². The smallest absolute Gasteiger partial charge is 0.317 e. The molecule has 0 aliphatic rings. The maximum atomic E-state index is 11.8. The summed E-state index contributed by atoms with van der Waals surface area (Å²) >= 11 is 3.41. The Bertz CT molecular complexity index is 599. The second-order valence-electron chi connectivity index (χ2n) is 6.18. The van der Waals surface area contributed by atoms with E-state index in [1.54, 1.807) is 12.1 Å². The molecule has 0 unspecified atom stereocenters. The summed E-state index contributed by atoms with van der Waals surface area (Å²) in [5.74, 6) is -0.264. The summed E-state index contributed by atoms with van der Waals surface area (Å²) in [4.78, 5) is 22.4. The number of carboxylic acid groups (broad SMARTS) is 1. The fourth-order valence-electron chi connectivity index (χ4n) is 1.89. The maximum absolute atomic E-state index is 11.8. The number of benzene rings is 1. The summed E-state index contributed by atoms with van der Waals surface area (Å²) in [6.45, 7) is 5.76. The Morgan fingerprint density at radius 2 is 1.92 bits per heavy atom. The van der Waals surface area contributed by atoms with Gasteiger partial charge in [-0.2, -0.15) is 0 Å². The minimum atomic E-state index is -0.928. The molecular formula is C16H23BrN2O5. The molecule has 0 saturated heterocycles. The summed E-state index contributed by atoms with van der Waals surface area (Å²) in [6, 6.07) is 3.43. The van der Waals surface area contributed by atoms with Gasteiger partial charge in [-0.25, -0.2) is 0 Å². The van der Waals surface area contributed by atoms with Gasteiger partial charge in [-0.1, -0.05) is 15.9 Å². The van der Waals surface area contributed by atoms with E-state index in [1.807, 2.05) is 20.8 Å². The van der Waals surface area contributed by atoms with Crippen molar-refractivity contribution in [3.8, 4) is 11.5 Å². The van der Waals surface area contributed by atoms with E-state index in [4.69, 9.17) is 14.6 Å². The SMILES string of the molecule is COc1cc(CNCC(=O)O)c(Br)cc1OCC(=O)NC(C)(C)C. The second kappa shape index (κ2) is 8.89. The van der Waals surface area contributed by atoms with Crippen LogP contribution in [0.4, 0.5) is 0 Å². The molecule has 24 heavy (non-hydrogen) atoms. The van der Waals surface area contributed by atoms with Gasteiger partial charge in [0.1, 0.15) is 0 Å². The van der Waals surface area contributed by atoms with Crippen molar-refractivity contribution in [3.05, 3.63) is 22.2 Å². The molecule has 1 rings (SSSR count). The first-order valence-corrected chi connectivity index (χ1v) is 8.14. The van der Waals surface area contributed by atoms with Gasteiger partial charge in [-0.15, -0.1) is 0 Å². The lowest BCUT2D eigenvalue weighted by Crippen LogP contribution is -2.43. The van der Waals surface area contributed by atoms with Crippen LogP contribution in [-0.2, 0) is 16.1 Å². The van der Waals surface area contributed by atoms with Gasteiger partial charge >= 0.3 is 5.97 Å². The number of halogens is 1. The lowest BCUT2D eigenvalue weighted by molar-refractivity contribution is -0.136. The molecular weight excluding hydrogens is 380 g/mol. The van der Waals surface area contributed by atoms with Crippen molar-refractivity contribution in [2.75, 3.05) is 20.3 Å². The van der Waals surface area contributed by atoms with Crippen LogP contribution in [0.1, 0.15) is 26.3 Å². The van der Waals surface area contributed by atoms with Crippen LogP contribution < -0.4 is 20.1 Å². The van der Waals surface area contributed by atoms with Crippen molar-refractivity contribution >= 4 is 27.8 Å². The first-order chi connectivity index (χ1) is 11.1. The molecule has 0 aliphatic heterocycles. The first kappa shape index (κ1) is 20.2. The molecule has 0 fully saturated rings. The molecule has 8 heteroatoms. The highest BCUT2D eigenvalue weighted by molar-refractivity contribution is 9.10. The van der Waals surface area contributed by atoms with Gasteiger partial charge in [-0.05, 0) is 38.5 Å². The van der Waals surface area contributed by atoms with Crippen molar-refractivity contribution in [1.82, 2.24) is 10.6 Å². The monoisotopic (exact) mass is 402 g/mol. The fourth-order valence-corrected chi connectivity index (χ4v) is 2.35. The van der Waals surface area contributed by atoms with E-state index in [-0.39, 0.29) is 24.6 Å². The van der Waals surface area contributed by atoms with E-state index in [0.29, 0.717) is 18.0 Å². The van der Waals surface area contributed by atoms with Crippen LogP contribution in [0.25, 0.3) is 0 Å². The number of methoxy groups -OCH3 is 1. The lowest BCUT2D eigenvalue weighted by atomic mass is 10.1. The topological polar surface area (TPSA) is 96.9 Å². The zero-order valence-electron chi connectivity index (χ0n) is 14.2. The van der Waals surface area contributed by atoms with Crippen LogP contribution in [0.2, 0.25) is 0 Å². The molecule has 1 aromatic carbocycles. The Morgan fingerprint density at radius 3 is 2.46 bits per heavy atom. The molecule has 0 radical (unpaired) electrons. The first-order valence-electron chi connectivity index (χ1n) is 7.35. The normalized spacial score (nSPS) is 11.0. The number of carboxylic acids is 1. The van der Waals surface area contributed by atoms with E-state index < -0.39 is 5.97 Å². The molecule has 134 valence electrons. The van der Waals surface area contributed by atoms with Crippen LogP contribution in [0, 0.1) is 0 Å². The Labute approximate surface area is 149 Å². The molecule has 0 bridgehead atoms. The molecule has 0 saturated carbocycles. The number of carbonyl (C=O) groups is 2. The maximum Gasteiger partial charge on any atom is 0.317 e. The number of nitrogens with one attached hydrogen (secondary N) is 2. The Kier molecular flexibility index (Phi) is 7.50. The molecule has 0 spiro atoms. The molecule has 7 nitrogen and oxygen atoms in total. The van der Waals surface area contributed by atoms with Gasteiger partial charge in [0, 0.05) is 16.6 Å². The van der Waals surface area contributed by atoms with Gasteiger partial charge < -0.3 is 25.2 Å². The average Bonchev–Trinajstić information content (AvgIpc) is 2.44. The highest BCUT2D eigenvalue weighted by Crippen LogP contribution is 2.33. The zero-order chi connectivity index (χ0) is 18.3. The van der Waals surface area contributed by atoms with Crippen LogP contribution in [0.15, 0.2) is 16.6 Å². The van der Waals surface area contributed by atoms with Crippen molar-refractivity contribution in [2.45, 2.75) is 32.9 Å². The summed E-state index contributed by atoms with van der Waals surface area (Å²) in [5.41, 5.74) is 0.490. The summed E-state index contributed by atoms with van der Waals surface area (Å²) in [7, 11) is 1.50. The van der Waals surface area contributed by atoms with E-state index in [1.165, 1.54) is 7.11 Å². The van der Waals surface area contributed by atoms with Gasteiger partial charge in [0.15, 0.2) is 18.1 Å². The van der Waals surface area contributed by atoms with Gasteiger partial charge in [0.05, 0.1) is 13.7 Å². The van der Waals surface area contributed by atoms with E-state index in [9.17, 15) is 9.59 Å². The Balaban J connectivity index is 2.76. The number of hydrogen-bond acceptors (Lipinski definition) is 5. The largest absolute Gasteiger partial charge is 0.493 e. The molecule has 0 aromatic heterocycles. The number of aliphatic carboxylic acids is 1. The lowest BCUT2D eigenvalue weighted by Gasteiger charge is -2.21. The predicted octanol–water partition coefficient (Wildman–Crippen LogP) is 1.93. The predicted molar refractivity (Wildman–Crippen MR) is 93.4 cm³/mol. The van der Waals surface area contributed by atoms with Crippen LogP contribution in [0.5, 0.6) is 11.5 Å². The number of ether oxygens (including phenoxy) is 2. The standard InChI is InChI=1S/C16H23BrN2O5/c1-16(2,3)19-14(20)9-24-13-6-11(17)10(5-12(13)23-4)7-18-8-15(21)22/h5-6,18H,7-9H2,1-4H3,(H,19,20)(H,21,22). The molecule has 0 aliphatic carbocycles. The zero-order valence-corrected chi connectivity index (χ0v) is 15.8. The number of hydrogen-bond donors (Lipinski definition) is 3. The Morgan fingerprint density at radius 1 is 1.25 bits per heavy atom. The Hall–Kier alpha value is -1.80. The average molecular weight is 403 g/mol. The van der Waals surface area contributed by atoms with Crippen molar-refractivity contribution in [3.63, 3.8) is 0 Å². The molecule has 3 N–H and O–H groups in total. The molecule has 1 amide bonds. The highest BCUT2D eigenvalue weighted by atomic mass is 79.9. The molecule has 0 atom stereocenters. The third kappa shape index (κ3) is 7.18. The molecule has 1 aromatic rings. The third-order valence-corrected chi connectivity index (χ3v) is 3.54. The fraction of sp³-hybridized carbons (Fsp3) is 0.500. The number of amides is 1. The summed E-state index contributed by atoms with van der Waals surface area (Å²) < 4.78 is 11.5. The second-order valence-corrected chi connectivity index (χ2v) is 7.03. The number of carbonyl (C=O) groups excluding carboxylic acids is 1. The third-order valence-electron chi connectivity index (χ3n) is 2.80. The minimum absolute atomic E-state index is 0.128. The van der Waals surface area contributed by atoms with Gasteiger partial charge in [-0.3, -0.25) is 9.59 Å². The molecule has 0 heterocycles. The quantitative estimate of drug-likeness (QED) is 0.614. The van der Waals surface area contributed by atoms with Crippen LogP contribution in [-0.4, -0.2) is 42.8 Å².